The molecule has 0 fully saturated rings. The average molecular weight is 288 g/mol. The molecule has 0 radical (unpaired) electrons. The van der Waals surface area contributed by atoms with Crippen molar-refractivity contribution in [2.75, 3.05) is 0 Å². The van der Waals surface area contributed by atoms with Crippen molar-refractivity contribution < 1.29 is 23.8 Å². The molecule has 1 aromatic heterocycles. The molecule has 0 atom stereocenters. The lowest BCUT2D eigenvalue weighted by Crippen LogP contribution is -1.97. The molecule has 2 aromatic rings. The average Bonchev–Trinajstić information content (AvgIpc) is 2.79. The Balaban J connectivity index is 1.98. The van der Waals surface area contributed by atoms with Crippen molar-refractivity contribution in [2.24, 2.45) is 0 Å². The van der Waals surface area contributed by atoms with Crippen molar-refractivity contribution in [3.05, 3.63) is 53.0 Å². The number of aryl methyl sites for hydroxylation is 1. The Morgan fingerprint density at radius 2 is 1.90 bits per heavy atom. The fraction of sp³-hybridized carbons (Fsp3) is 0.250. The first-order chi connectivity index (χ1) is 9.95. The number of Topliss-reactive ketones (excluding diaryl/α,β-unsaturated/α-hetero) is 1. The van der Waals surface area contributed by atoms with Crippen LogP contribution in [0.4, 0.5) is 0 Å². The molecule has 0 aliphatic heterocycles. The summed E-state index contributed by atoms with van der Waals surface area (Å²) < 4.78 is 10.7. The van der Waals surface area contributed by atoms with Crippen molar-refractivity contribution in [2.45, 2.75) is 26.9 Å². The van der Waals surface area contributed by atoms with Gasteiger partial charge in [0.2, 0.25) is 5.76 Å². The second-order valence-corrected chi connectivity index (χ2v) is 4.84. The molecule has 0 bridgehead atoms. The molecule has 110 valence electrons. The molecule has 5 nitrogen and oxygen atoms in total. The highest BCUT2D eigenvalue weighted by Crippen LogP contribution is 2.18. The molecule has 0 amide bonds. The van der Waals surface area contributed by atoms with Crippen molar-refractivity contribution in [1.82, 2.24) is 0 Å². The van der Waals surface area contributed by atoms with Crippen molar-refractivity contribution in [1.29, 1.82) is 0 Å². The smallest absolute Gasteiger partial charge is 0.372 e. The lowest BCUT2D eigenvalue weighted by Gasteiger charge is -2.05. The molecule has 5 heteroatoms. The summed E-state index contributed by atoms with van der Waals surface area (Å²) in [6.45, 7) is 3.37. The second kappa shape index (κ2) is 6.26. The van der Waals surface area contributed by atoms with Gasteiger partial charge in [-0.15, -0.1) is 0 Å². The van der Waals surface area contributed by atoms with Gasteiger partial charge >= 0.3 is 5.97 Å². The van der Waals surface area contributed by atoms with Crippen LogP contribution in [0, 0.1) is 6.92 Å². The first kappa shape index (κ1) is 14.8. The lowest BCUT2D eigenvalue weighted by molar-refractivity contribution is -0.116. The third kappa shape index (κ3) is 3.95. The molecular weight excluding hydrogens is 272 g/mol. The molecular formula is C16H16O5. The summed E-state index contributed by atoms with van der Waals surface area (Å²) >= 11 is 0. The predicted octanol–water partition coefficient (Wildman–Crippen LogP) is 3.00. The molecule has 0 aliphatic rings. The van der Waals surface area contributed by atoms with E-state index in [2.05, 4.69) is 0 Å². The molecule has 21 heavy (non-hydrogen) atoms. The molecule has 0 unspecified atom stereocenters. The summed E-state index contributed by atoms with van der Waals surface area (Å²) in [7, 11) is 0. The van der Waals surface area contributed by atoms with Crippen LogP contribution in [0.5, 0.6) is 5.75 Å². The lowest BCUT2D eigenvalue weighted by atomic mass is 10.1. The first-order valence-corrected chi connectivity index (χ1v) is 6.49. The maximum absolute atomic E-state index is 11.0. The number of furan rings is 1. The van der Waals surface area contributed by atoms with Crippen molar-refractivity contribution >= 4 is 11.8 Å². The number of benzene rings is 1. The maximum Gasteiger partial charge on any atom is 0.372 e. The largest absolute Gasteiger partial charge is 0.486 e. The molecule has 0 saturated heterocycles. The van der Waals surface area contributed by atoms with E-state index in [4.69, 9.17) is 14.3 Å². The van der Waals surface area contributed by atoms with E-state index in [0.717, 1.165) is 5.56 Å². The molecule has 1 aromatic carbocycles. The van der Waals surface area contributed by atoms with E-state index in [1.54, 1.807) is 32.0 Å². The first-order valence-electron chi connectivity index (χ1n) is 6.49. The number of carboxylic acid groups (broad SMARTS) is 1. The number of aromatic carboxylic acids is 1. The number of ether oxygens (including phenoxy) is 1. The topological polar surface area (TPSA) is 76.7 Å². The summed E-state index contributed by atoms with van der Waals surface area (Å²) in [6.07, 6.45) is 0.402. The number of carboxylic acids is 1. The third-order valence-electron chi connectivity index (χ3n) is 2.92. The minimum Gasteiger partial charge on any atom is -0.486 e. The van der Waals surface area contributed by atoms with Gasteiger partial charge in [0.15, 0.2) is 0 Å². The third-order valence-corrected chi connectivity index (χ3v) is 2.92. The number of rotatable bonds is 6. The van der Waals surface area contributed by atoms with E-state index in [9.17, 15) is 9.59 Å². The van der Waals surface area contributed by atoms with E-state index >= 15 is 0 Å². The van der Waals surface area contributed by atoms with Gasteiger partial charge in [-0.2, -0.15) is 0 Å². The van der Waals surface area contributed by atoms with Gasteiger partial charge in [-0.05, 0) is 37.6 Å². The molecule has 0 saturated carbocycles. The molecule has 0 spiro atoms. The number of hydrogen-bond acceptors (Lipinski definition) is 4. The molecule has 1 N–H and O–H groups in total. The number of carbonyl (C=O) groups excluding carboxylic acids is 1. The van der Waals surface area contributed by atoms with E-state index in [1.807, 2.05) is 12.1 Å². The minimum atomic E-state index is -1.09. The SMILES string of the molecule is CC(=O)Cc1ccc(OCc2cc(C)c(C(=O)O)o2)cc1. The standard InChI is InChI=1S/C16H16O5/c1-10-7-14(21-15(10)16(18)19)9-20-13-5-3-12(4-6-13)8-11(2)17/h3-7H,8-9H2,1-2H3,(H,18,19). The zero-order chi connectivity index (χ0) is 15.4. The molecule has 1 heterocycles. The van der Waals surface area contributed by atoms with Gasteiger partial charge in [0.25, 0.3) is 0 Å². The monoisotopic (exact) mass is 288 g/mol. The van der Waals surface area contributed by atoms with Gasteiger partial charge in [0.1, 0.15) is 23.9 Å². The van der Waals surface area contributed by atoms with Gasteiger partial charge in [-0.25, -0.2) is 4.79 Å². The Bertz CT molecular complexity index is 652. The number of carbonyl (C=O) groups is 2. The molecule has 2 rings (SSSR count). The Morgan fingerprint density at radius 3 is 2.43 bits per heavy atom. The minimum absolute atomic E-state index is 0.0644. The van der Waals surface area contributed by atoms with Gasteiger partial charge in [-0.3, -0.25) is 4.79 Å². The van der Waals surface area contributed by atoms with Crippen LogP contribution in [0.3, 0.4) is 0 Å². The highest BCUT2D eigenvalue weighted by molar-refractivity contribution is 5.86. The summed E-state index contributed by atoms with van der Waals surface area (Å²) in [5, 5.41) is 8.90. The zero-order valence-electron chi connectivity index (χ0n) is 11.9. The molecule has 0 aliphatic carbocycles. The quantitative estimate of drug-likeness (QED) is 0.884. The highest BCUT2D eigenvalue weighted by atomic mass is 16.5. The van der Waals surface area contributed by atoms with Crippen LogP contribution in [0.25, 0.3) is 0 Å². The Morgan fingerprint density at radius 1 is 1.24 bits per heavy atom. The van der Waals surface area contributed by atoms with E-state index < -0.39 is 5.97 Å². The predicted molar refractivity (Wildman–Crippen MR) is 75.6 cm³/mol. The second-order valence-electron chi connectivity index (χ2n) is 4.84. The van der Waals surface area contributed by atoms with E-state index in [-0.39, 0.29) is 18.2 Å². The Hall–Kier alpha value is -2.56. The maximum atomic E-state index is 11.0. The summed E-state index contributed by atoms with van der Waals surface area (Å²) in [5.74, 6) is 0.0413. The van der Waals surface area contributed by atoms with Crippen LogP contribution in [-0.4, -0.2) is 16.9 Å². The van der Waals surface area contributed by atoms with Crippen molar-refractivity contribution in [3.63, 3.8) is 0 Å². The van der Waals surface area contributed by atoms with Gasteiger partial charge in [-0.1, -0.05) is 12.1 Å². The van der Waals surface area contributed by atoms with Crippen LogP contribution in [0.15, 0.2) is 34.7 Å². The van der Waals surface area contributed by atoms with Gasteiger partial charge < -0.3 is 14.3 Å². The Labute approximate surface area is 122 Å². The van der Waals surface area contributed by atoms with Crippen LogP contribution >= 0.6 is 0 Å². The highest BCUT2D eigenvalue weighted by Gasteiger charge is 2.14. The zero-order valence-corrected chi connectivity index (χ0v) is 11.9. The fourth-order valence-electron chi connectivity index (χ4n) is 1.98. The van der Waals surface area contributed by atoms with Crippen molar-refractivity contribution in [3.8, 4) is 5.75 Å². The van der Waals surface area contributed by atoms with Gasteiger partial charge in [0, 0.05) is 12.0 Å². The summed E-state index contributed by atoms with van der Waals surface area (Å²) in [6, 6.07) is 8.84. The fourth-order valence-corrected chi connectivity index (χ4v) is 1.98. The Kier molecular flexibility index (Phi) is 4.42. The van der Waals surface area contributed by atoms with Crippen LogP contribution in [0.1, 0.15) is 34.4 Å². The number of hydrogen-bond donors (Lipinski definition) is 1. The van der Waals surface area contributed by atoms with E-state index in [1.165, 1.54) is 0 Å². The van der Waals surface area contributed by atoms with Gasteiger partial charge in [0.05, 0.1) is 0 Å². The summed E-state index contributed by atoms with van der Waals surface area (Å²) in [4.78, 5) is 21.9. The van der Waals surface area contributed by atoms with Crippen LogP contribution in [0.2, 0.25) is 0 Å². The summed E-state index contributed by atoms with van der Waals surface area (Å²) in [5.41, 5.74) is 1.50. The van der Waals surface area contributed by atoms with Crippen LogP contribution < -0.4 is 4.74 Å². The number of ketones is 1. The van der Waals surface area contributed by atoms with E-state index in [0.29, 0.717) is 23.5 Å². The normalized spacial score (nSPS) is 10.4. The van der Waals surface area contributed by atoms with Crippen LogP contribution in [-0.2, 0) is 17.8 Å².